The van der Waals surface area contributed by atoms with Crippen LogP contribution in [0.2, 0.25) is 0 Å². The maximum Gasteiger partial charge on any atom is 0.259 e. The molecule has 1 N–H and O–H groups in total. The van der Waals surface area contributed by atoms with Crippen LogP contribution in [0.4, 0.5) is 10.7 Å². The van der Waals surface area contributed by atoms with Gasteiger partial charge in [-0.1, -0.05) is 47.7 Å². The van der Waals surface area contributed by atoms with Crippen molar-refractivity contribution in [1.82, 2.24) is 0 Å². The van der Waals surface area contributed by atoms with Crippen LogP contribution in [0.15, 0.2) is 86.1 Å². The van der Waals surface area contributed by atoms with Crippen molar-refractivity contribution in [1.29, 1.82) is 0 Å². The van der Waals surface area contributed by atoms with E-state index in [4.69, 9.17) is 9.41 Å². The summed E-state index contributed by atoms with van der Waals surface area (Å²) in [6.45, 7) is 2.08. The topological polar surface area (TPSA) is 54.6 Å². The molecule has 2 aromatic heterocycles. The molecule has 1 aliphatic carbocycles. The standard InChI is InChI=1S/C27H24N2O2S2/c1-18-11-14-21(15-12-18)32-24-16-13-20(31-24)17-28-27-25(22-9-5-6-10-23(22)33-27)26(30)29-19-7-3-2-4-8-19/h2-4,7-8,11-17H,5-6,9-10H2,1H3,(H,29,30). The number of fused-ring (bicyclic) bond motifs is 1. The SMILES string of the molecule is Cc1ccc(Sc2ccc(C=Nc3sc4c(c3C(=O)Nc3ccccc3)CCCC4)o2)cc1. The fourth-order valence-corrected chi connectivity index (χ4v) is 5.90. The molecule has 2 aromatic carbocycles. The Morgan fingerprint density at radius 2 is 1.82 bits per heavy atom. The van der Waals surface area contributed by atoms with Gasteiger partial charge in [0.1, 0.15) is 10.8 Å². The van der Waals surface area contributed by atoms with Gasteiger partial charge in [0.25, 0.3) is 5.91 Å². The van der Waals surface area contributed by atoms with E-state index >= 15 is 0 Å². The minimum Gasteiger partial charge on any atom is -0.449 e. The molecular weight excluding hydrogens is 448 g/mol. The van der Waals surface area contributed by atoms with Crippen LogP contribution >= 0.6 is 23.1 Å². The number of carbonyl (C=O) groups is 1. The highest BCUT2D eigenvalue weighted by Crippen LogP contribution is 2.40. The molecule has 6 heteroatoms. The number of nitrogens with one attached hydrogen (secondary N) is 1. The third-order valence-corrected chi connectivity index (χ3v) is 7.69. The summed E-state index contributed by atoms with van der Waals surface area (Å²) in [5, 5.41) is 4.60. The molecule has 0 saturated carbocycles. The van der Waals surface area contributed by atoms with Gasteiger partial charge in [-0.15, -0.1) is 11.3 Å². The number of aliphatic imine (C=N–C) groups is 1. The molecule has 1 aliphatic rings. The van der Waals surface area contributed by atoms with E-state index in [0.717, 1.165) is 51.9 Å². The molecule has 0 fully saturated rings. The van der Waals surface area contributed by atoms with Gasteiger partial charge in [0.2, 0.25) is 0 Å². The summed E-state index contributed by atoms with van der Waals surface area (Å²) in [4.78, 5) is 20.3. The molecule has 5 rings (SSSR count). The highest BCUT2D eigenvalue weighted by atomic mass is 32.2. The number of nitrogens with zero attached hydrogens (tertiary/aromatic N) is 1. The second-order valence-electron chi connectivity index (χ2n) is 8.04. The highest BCUT2D eigenvalue weighted by Gasteiger charge is 2.25. The summed E-state index contributed by atoms with van der Waals surface area (Å²) in [6, 6.07) is 21.8. The summed E-state index contributed by atoms with van der Waals surface area (Å²) >= 11 is 3.21. The van der Waals surface area contributed by atoms with E-state index in [2.05, 4.69) is 36.5 Å². The summed E-state index contributed by atoms with van der Waals surface area (Å²) in [5.41, 5.74) is 3.88. The van der Waals surface area contributed by atoms with Crippen molar-refractivity contribution < 1.29 is 9.21 Å². The van der Waals surface area contributed by atoms with Gasteiger partial charge in [-0.25, -0.2) is 4.99 Å². The minimum absolute atomic E-state index is 0.0946. The summed E-state index contributed by atoms with van der Waals surface area (Å²) in [6.07, 6.45) is 5.93. The number of hydrogen-bond acceptors (Lipinski definition) is 5. The van der Waals surface area contributed by atoms with Gasteiger partial charge in [-0.05, 0) is 74.6 Å². The molecule has 0 bridgehead atoms. The molecule has 2 heterocycles. The third kappa shape index (κ3) is 5.13. The smallest absolute Gasteiger partial charge is 0.259 e. The number of rotatable bonds is 6. The largest absolute Gasteiger partial charge is 0.449 e. The van der Waals surface area contributed by atoms with Gasteiger partial charge < -0.3 is 9.73 Å². The lowest BCUT2D eigenvalue weighted by atomic mass is 9.95. The summed E-state index contributed by atoms with van der Waals surface area (Å²) in [7, 11) is 0. The fourth-order valence-electron chi connectivity index (χ4n) is 3.89. The lowest BCUT2D eigenvalue weighted by Crippen LogP contribution is -2.14. The van der Waals surface area contributed by atoms with Crippen molar-refractivity contribution in [3.63, 3.8) is 0 Å². The number of aryl methyl sites for hydroxylation is 2. The number of hydrogen-bond donors (Lipinski definition) is 1. The average Bonchev–Trinajstić information content (AvgIpc) is 3.43. The van der Waals surface area contributed by atoms with Crippen LogP contribution < -0.4 is 5.32 Å². The molecule has 1 amide bonds. The molecule has 33 heavy (non-hydrogen) atoms. The number of benzene rings is 2. The van der Waals surface area contributed by atoms with E-state index in [1.807, 2.05) is 42.5 Å². The Morgan fingerprint density at radius 1 is 1.03 bits per heavy atom. The van der Waals surface area contributed by atoms with Crippen molar-refractivity contribution in [2.75, 3.05) is 5.32 Å². The Kier molecular flexibility index (Phi) is 6.46. The average molecular weight is 473 g/mol. The van der Waals surface area contributed by atoms with Crippen molar-refractivity contribution in [2.45, 2.75) is 42.6 Å². The van der Waals surface area contributed by atoms with Crippen molar-refractivity contribution in [3.8, 4) is 0 Å². The lowest BCUT2D eigenvalue weighted by Gasteiger charge is -2.12. The van der Waals surface area contributed by atoms with E-state index in [9.17, 15) is 4.79 Å². The first-order valence-electron chi connectivity index (χ1n) is 11.0. The van der Waals surface area contributed by atoms with E-state index in [1.54, 1.807) is 29.3 Å². The molecule has 0 spiro atoms. The predicted octanol–water partition coefficient (Wildman–Crippen LogP) is 7.68. The van der Waals surface area contributed by atoms with Crippen LogP contribution in [0.25, 0.3) is 0 Å². The van der Waals surface area contributed by atoms with Gasteiger partial charge >= 0.3 is 0 Å². The molecule has 4 nitrogen and oxygen atoms in total. The van der Waals surface area contributed by atoms with Gasteiger partial charge in [-0.3, -0.25) is 4.79 Å². The maximum atomic E-state index is 13.2. The molecule has 0 saturated heterocycles. The lowest BCUT2D eigenvalue weighted by molar-refractivity contribution is 0.102. The predicted molar refractivity (Wildman–Crippen MR) is 137 cm³/mol. The Hall–Kier alpha value is -3.09. The van der Waals surface area contributed by atoms with E-state index in [-0.39, 0.29) is 5.91 Å². The van der Waals surface area contributed by atoms with Gasteiger partial charge in [0, 0.05) is 15.5 Å². The first-order valence-corrected chi connectivity index (χ1v) is 12.7. The third-order valence-electron chi connectivity index (χ3n) is 5.56. The van der Waals surface area contributed by atoms with Gasteiger partial charge in [-0.2, -0.15) is 0 Å². The minimum atomic E-state index is -0.0946. The number of anilines is 1. The van der Waals surface area contributed by atoms with Crippen LogP contribution in [0.1, 0.15) is 45.0 Å². The van der Waals surface area contributed by atoms with E-state index < -0.39 is 0 Å². The molecule has 0 radical (unpaired) electrons. The molecule has 0 unspecified atom stereocenters. The fraction of sp³-hybridized carbons (Fsp3) is 0.185. The molecule has 166 valence electrons. The summed E-state index contributed by atoms with van der Waals surface area (Å²) in [5.74, 6) is 0.577. The van der Waals surface area contributed by atoms with Crippen LogP contribution in [-0.4, -0.2) is 12.1 Å². The van der Waals surface area contributed by atoms with E-state index in [1.165, 1.54) is 10.4 Å². The van der Waals surface area contributed by atoms with Crippen molar-refractivity contribution in [2.24, 2.45) is 4.99 Å². The molecular formula is C27H24N2O2S2. The zero-order valence-electron chi connectivity index (χ0n) is 18.3. The van der Waals surface area contributed by atoms with Crippen LogP contribution in [0, 0.1) is 6.92 Å². The first kappa shape index (κ1) is 21.7. The van der Waals surface area contributed by atoms with E-state index in [0.29, 0.717) is 11.3 Å². The first-order chi connectivity index (χ1) is 16.2. The second-order valence-corrected chi connectivity index (χ2v) is 10.2. The number of amides is 1. The second kappa shape index (κ2) is 9.81. The van der Waals surface area contributed by atoms with Gasteiger partial charge in [0.15, 0.2) is 5.09 Å². The Bertz CT molecular complexity index is 1290. The Balaban J connectivity index is 1.38. The quantitative estimate of drug-likeness (QED) is 0.293. The van der Waals surface area contributed by atoms with Crippen molar-refractivity contribution in [3.05, 3.63) is 94.1 Å². The van der Waals surface area contributed by atoms with Crippen molar-refractivity contribution >= 4 is 45.9 Å². The monoisotopic (exact) mass is 472 g/mol. The number of carbonyl (C=O) groups excluding carboxylic acids is 1. The molecule has 4 aromatic rings. The Labute approximate surface area is 201 Å². The number of furan rings is 1. The normalized spacial score (nSPS) is 13.2. The number of para-hydroxylation sites is 1. The van der Waals surface area contributed by atoms with Crippen LogP contribution in [0.5, 0.6) is 0 Å². The summed E-state index contributed by atoms with van der Waals surface area (Å²) < 4.78 is 5.96. The molecule has 0 atom stereocenters. The van der Waals surface area contributed by atoms with Gasteiger partial charge in [0.05, 0.1) is 11.8 Å². The zero-order chi connectivity index (χ0) is 22.6. The molecule has 0 aliphatic heterocycles. The van der Waals surface area contributed by atoms with Crippen LogP contribution in [0.3, 0.4) is 0 Å². The zero-order valence-corrected chi connectivity index (χ0v) is 20.0. The van der Waals surface area contributed by atoms with Crippen LogP contribution in [-0.2, 0) is 12.8 Å². The maximum absolute atomic E-state index is 13.2. The Morgan fingerprint density at radius 3 is 2.64 bits per heavy atom. The number of thiophene rings is 1. The highest BCUT2D eigenvalue weighted by molar-refractivity contribution is 7.99.